The SMILES string of the molecule is CCCOC(=O)C(C#N)CCC.[NaH]. The first-order chi connectivity index (χ1) is 5.76. The summed E-state index contributed by atoms with van der Waals surface area (Å²) in [6, 6.07) is 1.94. The quantitative estimate of drug-likeness (QED) is 0.487. The fourth-order valence-electron chi connectivity index (χ4n) is 0.827. The number of rotatable bonds is 5. The molecule has 0 spiro atoms. The first-order valence-corrected chi connectivity index (χ1v) is 4.32. The molecule has 0 aliphatic rings. The summed E-state index contributed by atoms with van der Waals surface area (Å²) in [7, 11) is 0. The topological polar surface area (TPSA) is 50.1 Å². The van der Waals surface area contributed by atoms with Crippen LogP contribution in [0.2, 0.25) is 0 Å². The van der Waals surface area contributed by atoms with Gasteiger partial charge in [-0.3, -0.25) is 4.79 Å². The van der Waals surface area contributed by atoms with Crippen LogP contribution in [0.1, 0.15) is 33.1 Å². The van der Waals surface area contributed by atoms with Crippen molar-refractivity contribution in [3.05, 3.63) is 0 Å². The zero-order valence-corrected chi connectivity index (χ0v) is 7.67. The molecule has 1 unspecified atom stereocenters. The molecular formula is C9H16NNaO2. The zero-order valence-electron chi connectivity index (χ0n) is 7.67. The van der Waals surface area contributed by atoms with Crippen molar-refractivity contribution < 1.29 is 9.53 Å². The molecule has 0 saturated carbocycles. The van der Waals surface area contributed by atoms with Gasteiger partial charge in [-0.05, 0) is 12.8 Å². The van der Waals surface area contributed by atoms with Gasteiger partial charge in [-0.15, -0.1) is 0 Å². The molecule has 13 heavy (non-hydrogen) atoms. The molecule has 0 aromatic heterocycles. The van der Waals surface area contributed by atoms with Crippen LogP contribution in [0.5, 0.6) is 0 Å². The molecule has 0 aromatic rings. The Balaban J connectivity index is 0. The van der Waals surface area contributed by atoms with Crippen molar-refractivity contribution in [3.8, 4) is 6.07 Å². The van der Waals surface area contributed by atoms with Crippen LogP contribution in [0.25, 0.3) is 0 Å². The Morgan fingerprint density at radius 2 is 2.08 bits per heavy atom. The number of nitrogens with zero attached hydrogens (tertiary/aromatic N) is 1. The van der Waals surface area contributed by atoms with E-state index in [0.29, 0.717) is 13.0 Å². The third-order valence-electron chi connectivity index (χ3n) is 1.47. The fourth-order valence-corrected chi connectivity index (χ4v) is 0.827. The minimum atomic E-state index is -0.568. The first kappa shape index (κ1) is 15.4. The summed E-state index contributed by atoms with van der Waals surface area (Å²) in [5, 5.41) is 8.58. The van der Waals surface area contributed by atoms with E-state index in [1.165, 1.54) is 0 Å². The second kappa shape index (κ2) is 10.0. The number of hydrogen-bond acceptors (Lipinski definition) is 3. The van der Waals surface area contributed by atoms with Gasteiger partial charge in [0.15, 0.2) is 0 Å². The summed E-state index contributed by atoms with van der Waals surface area (Å²) in [6.45, 7) is 4.28. The van der Waals surface area contributed by atoms with Crippen LogP contribution in [-0.2, 0) is 9.53 Å². The van der Waals surface area contributed by atoms with Crippen molar-refractivity contribution in [2.45, 2.75) is 33.1 Å². The molecule has 4 heteroatoms. The molecule has 0 aliphatic carbocycles. The molecule has 0 fully saturated rings. The summed E-state index contributed by atoms with van der Waals surface area (Å²) in [6.07, 6.45) is 2.23. The van der Waals surface area contributed by atoms with Gasteiger partial charge >= 0.3 is 35.5 Å². The average Bonchev–Trinajstić information content (AvgIpc) is 2.10. The van der Waals surface area contributed by atoms with E-state index in [1.54, 1.807) is 0 Å². The predicted octanol–water partition coefficient (Wildman–Crippen LogP) is 1.23. The van der Waals surface area contributed by atoms with Crippen LogP contribution >= 0.6 is 0 Å². The number of ether oxygens (including phenoxy) is 1. The zero-order chi connectivity index (χ0) is 9.40. The Hall–Kier alpha value is -0.0400. The maximum absolute atomic E-state index is 11.1. The Labute approximate surface area is 102 Å². The van der Waals surface area contributed by atoms with E-state index in [-0.39, 0.29) is 35.5 Å². The van der Waals surface area contributed by atoms with Crippen LogP contribution in [0.4, 0.5) is 0 Å². The minimum absolute atomic E-state index is 0. The van der Waals surface area contributed by atoms with Crippen molar-refractivity contribution >= 4 is 35.5 Å². The molecule has 0 bridgehead atoms. The van der Waals surface area contributed by atoms with Gasteiger partial charge < -0.3 is 4.74 Å². The van der Waals surface area contributed by atoms with Crippen LogP contribution in [0.3, 0.4) is 0 Å². The van der Waals surface area contributed by atoms with E-state index in [2.05, 4.69) is 0 Å². The third kappa shape index (κ3) is 7.06. The maximum atomic E-state index is 11.1. The van der Waals surface area contributed by atoms with Gasteiger partial charge in [0.25, 0.3) is 0 Å². The first-order valence-electron chi connectivity index (χ1n) is 4.32. The van der Waals surface area contributed by atoms with Gasteiger partial charge in [0.1, 0.15) is 5.92 Å². The van der Waals surface area contributed by atoms with E-state index in [1.807, 2.05) is 19.9 Å². The van der Waals surface area contributed by atoms with E-state index < -0.39 is 5.92 Å². The van der Waals surface area contributed by atoms with Gasteiger partial charge in [-0.1, -0.05) is 20.3 Å². The van der Waals surface area contributed by atoms with Gasteiger partial charge in [-0.2, -0.15) is 5.26 Å². The van der Waals surface area contributed by atoms with E-state index in [0.717, 1.165) is 12.8 Å². The fraction of sp³-hybridized carbons (Fsp3) is 0.778. The average molecular weight is 193 g/mol. The number of hydrogen-bond donors (Lipinski definition) is 0. The molecule has 0 amide bonds. The van der Waals surface area contributed by atoms with Crippen molar-refractivity contribution in [2.75, 3.05) is 6.61 Å². The summed E-state index contributed by atoms with van der Waals surface area (Å²) in [4.78, 5) is 11.1. The van der Waals surface area contributed by atoms with Gasteiger partial charge in [0, 0.05) is 0 Å². The third-order valence-corrected chi connectivity index (χ3v) is 1.47. The molecule has 0 saturated heterocycles. The van der Waals surface area contributed by atoms with Crippen LogP contribution in [0, 0.1) is 17.2 Å². The van der Waals surface area contributed by atoms with E-state index in [4.69, 9.17) is 10.00 Å². The molecular weight excluding hydrogens is 177 g/mol. The van der Waals surface area contributed by atoms with Crippen LogP contribution in [0.15, 0.2) is 0 Å². The molecule has 0 aromatic carbocycles. The second-order valence-corrected chi connectivity index (χ2v) is 2.64. The van der Waals surface area contributed by atoms with E-state index >= 15 is 0 Å². The Morgan fingerprint density at radius 3 is 2.46 bits per heavy atom. The van der Waals surface area contributed by atoms with Gasteiger partial charge in [-0.25, -0.2) is 0 Å². The molecule has 0 heterocycles. The van der Waals surface area contributed by atoms with Crippen molar-refractivity contribution in [3.63, 3.8) is 0 Å². The number of esters is 1. The second-order valence-electron chi connectivity index (χ2n) is 2.64. The van der Waals surface area contributed by atoms with Crippen LogP contribution in [-0.4, -0.2) is 42.1 Å². The van der Waals surface area contributed by atoms with Crippen molar-refractivity contribution in [1.29, 1.82) is 5.26 Å². The van der Waals surface area contributed by atoms with Crippen molar-refractivity contribution in [1.82, 2.24) is 0 Å². The Kier molecular flexibility index (Phi) is 11.9. The molecule has 1 atom stereocenters. The number of carbonyl (C=O) groups is 1. The van der Waals surface area contributed by atoms with Crippen LogP contribution < -0.4 is 0 Å². The summed E-state index contributed by atoms with van der Waals surface area (Å²) < 4.78 is 4.84. The number of nitriles is 1. The van der Waals surface area contributed by atoms with Gasteiger partial charge in [0.2, 0.25) is 0 Å². The molecule has 0 N–H and O–H groups in total. The summed E-state index contributed by atoms with van der Waals surface area (Å²) in [5.74, 6) is -0.942. The molecule has 0 rings (SSSR count). The van der Waals surface area contributed by atoms with Gasteiger partial charge in [0.05, 0.1) is 12.7 Å². The summed E-state index contributed by atoms with van der Waals surface area (Å²) in [5.41, 5.74) is 0. The molecule has 0 aliphatic heterocycles. The normalized spacial score (nSPS) is 10.8. The monoisotopic (exact) mass is 193 g/mol. The predicted molar refractivity (Wildman–Crippen MR) is 52.4 cm³/mol. The standard InChI is InChI=1S/C9H15NO2.Na.H/c1-3-5-8(7-10)9(11)12-6-4-2;;/h8H,3-6H2,1-2H3;;. The molecule has 70 valence electrons. The Bertz CT molecular complexity index is 177. The molecule has 0 radical (unpaired) electrons. The molecule has 3 nitrogen and oxygen atoms in total. The van der Waals surface area contributed by atoms with Crippen molar-refractivity contribution in [2.24, 2.45) is 5.92 Å². The number of carbonyl (C=O) groups excluding carboxylic acids is 1. The Morgan fingerprint density at radius 1 is 1.46 bits per heavy atom. The summed E-state index contributed by atoms with van der Waals surface area (Å²) >= 11 is 0. The van der Waals surface area contributed by atoms with E-state index in [9.17, 15) is 4.79 Å².